The summed E-state index contributed by atoms with van der Waals surface area (Å²) in [6.45, 7) is 1.58. The van der Waals surface area contributed by atoms with Crippen LogP contribution in [0.5, 0.6) is 0 Å². The summed E-state index contributed by atoms with van der Waals surface area (Å²) in [5.41, 5.74) is 5.73. The van der Waals surface area contributed by atoms with Crippen molar-refractivity contribution in [3.63, 3.8) is 0 Å². The number of nitrogens with zero attached hydrogens (tertiary/aromatic N) is 4. The van der Waals surface area contributed by atoms with E-state index in [-0.39, 0.29) is 22.2 Å². The number of anilines is 1. The molecule has 1 aromatic rings. The van der Waals surface area contributed by atoms with Gasteiger partial charge in [-0.25, -0.2) is 0 Å². The number of rotatable bonds is 8. The molecule has 0 aromatic carbocycles. The zero-order valence-electron chi connectivity index (χ0n) is 20.2. The van der Waals surface area contributed by atoms with Crippen LogP contribution in [0.2, 0.25) is 0 Å². The van der Waals surface area contributed by atoms with Gasteiger partial charge in [0.1, 0.15) is 25.8 Å². The van der Waals surface area contributed by atoms with Crippen LogP contribution in [-0.2, 0) is 19.2 Å². The molecule has 1 saturated heterocycles. The fourth-order valence-corrected chi connectivity index (χ4v) is 6.75. The summed E-state index contributed by atoms with van der Waals surface area (Å²) in [6, 6.07) is -0.925. The molecule has 3 aliphatic rings. The van der Waals surface area contributed by atoms with E-state index in [1.165, 1.54) is 18.9 Å². The topological polar surface area (TPSA) is 200 Å². The largest absolute Gasteiger partial charge is 0.545 e. The van der Waals surface area contributed by atoms with Crippen LogP contribution >= 0.6 is 23.3 Å². The highest BCUT2D eigenvalue weighted by Crippen LogP contribution is 2.45. The number of aromatic nitrogens is 2. The van der Waals surface area contributed by atoms with Gasteiger partial charge in [0, 0.05) is 29.0 Å². The quantitative estimate of drug-likeness (QED) is 0.150. The molecule has 2 unspecified atom stereocenters. The molecule has 15 heteroatoms. The molecule has 3 heterocycles. The normalized spacial score (nSPS) is 32.2. The van der Waals surface area contributed by atoms with E-state index < -0.39 is 47.1 Å². The predicted molar refractivity (Wildman–Crippen MR) is 133 cm³/mol. The van der Waals surface area contributed by atoms with Crippen LogP contribution in [0.1, 0.15) is 12.2 Å². The molecule has 1 amide bonds. The third-order valence-corrected chi connectivity index (χ3v) is 8.77. The van der Waals surface area contributed by atoms with Crippen LogP contribution < -0.4 is 16.2 Å². The lowest BCUT2D eigenvalue weighted by Gasteiger charge is -2.47. The highest BCUT2D eigenvalue weighted by molar-refractivity contribution is 8.00. The van der Waals surface area contributed by atoms with Gasteiger partial charge in [0.15, 0.2) is 10.9 Å². The summed E-state index contributed by atoms with van der Waals surface area (Å²) < 4.78 is 4.44. The number of nitrogens with one attached hydrogen (secondary N) is 1. The lowest BCUT2D eigenvalue weighted by atomic mass is 9.71. The number of carbonyl (C=O) groups is 3. The molecule has 4 rings (SSSR count). The number of nitrogens with two attached hydrogens (primary N) is 1. The smallest absolute Gasteiger partial charge is 0.277 e. The second-order valence-electron chi connectivity index (χ2n) is 9.45. The van der Waals surface area contributed by atoms with Crippen LogP contribution in [0.3, 0.4) is 0 Å². The molecule has 0 spiro atoms. The van der Waals surface area contributed by atoms with Gasteiger partial charge in [-0.1, -0.05) is 11.2 Å². The number of thioether (sulfide) groups is 1. The summed E-state index contributed by atoms with van der Waals surface area (Å²) in [5, 5.41) is 37.7. The number of amides is 1. The monoisotopic (exact) mass is 552 g/mol. The summed E-state index contributed by atoms with van der Waals surface area (Å²) in [7, 11) is 3.20. The Morgan fingerprint density at radius 3 is 2.76 bits per heavy atom. The number of likely N-dealkylation sites (N-methyl/N-ethyl adjacent to an activating group) is 1. The lowest BCUT2D eigenvalue weighted by Crippen LogP contribution is -2.66. The Morgan fingerprint density at radius 2 is 2.14 bits per heavy atom. The average Bonchev–Trinajstić information content (AvgIpc) is 3.28. The SMILES string of the molecule is CO/N=C(\C(=O)N[C@@H]1C(=O)C2C(C(=O)[O-])=C(/C=C/C[N+]3(C)CC[C@@H](O)[C@H](O)C3)CS[C@@H]21)c1nsc(N)n1. The molecule has 1 aliphatic carbocycles. The highest BCUT2D eigenvalue weighted by atomic mass is 32.2. The fourth-order valence-electron chi connectivity index (χ4n) is 4.84. The molecule has 37 heavy (non-hydrogen) atoms. The number of aliphatic hydroxyl groups is 2. The number of carboxylic acids is 1. The van der Waals surface area contributed by atoms with Gasteiger partial charge in [-0.3, -0.25) is 9.59 Å². The van der Waals surface area contributed by atoms with Crippen molar-refractivity contribution in [3.05, 3.63) is 29.1 Å². The number of carbonyl (C=O) groups excluding carboxylic acids is 3. The first-order valence-electron chi connectivity index (χ1n) is 11.5. The van der Waals surface area contributed by atoms with E-state index in [0.717, 1.165) is 11.5 Å². The Bertz CT molecular complexity index is 1180. The minimum atomic E-state index is -1.42. The van der Waals surface area contributed by atoms with E-state index in [1.54, 1.807) is 6.08 Å². The van der Waals surface area contributed by atoms with Crippen molar-refractivity contribution in [2.24, 2.45) is 11.1 Å². The van der Waals surface area contributed by atoms with Crippen LogP contribution in [0.4, 0.5) is 5.13 Å². The molecule has 0 radical (unpaired) electrons. The van der Waals surface area contributed by atoms with E-state index in [4.69, 9.17) is 10.6 Å². The van der Waals surface area contributed by atoms with Crippen molar-refractivity contribution >= 4 is 51.8 Å². The standard InChI is InChI=1S/C22H28N6O7S2/c1-28(7-5-11(29)12(30)8-28)6-3-4-10-9-36-18-14(13(10)21(33)34)17(31)15(18)24-20(32)16(26-35-2)19-25-22(23)37-27-19/h3-4,11-12,14-15,18,29-30H,5-9H2,1-2H3,(H3-,23,24,25,27,32,33,34)/b4-3+,26-16-/t11-,12-,14?,15-,18+,28?/m1/s1. The van der Waals surface area contributed by atoms with Crippen LogP contribution in [0.25, 0.3) is 0 Å². The molecule has 200 valence electrons. The van der Waals surface area contributed by atoms with E-state index in [2.05, 4.69) is 19.8 Å². The Morgan fingerprint density at radius 1 is 1.38 bits per heavy atom. The average molecular weight is 553 g/mol. The summed E-state index contributed by atoms with van der Waals surface area (Å²) in [5.74, 6) is -3.25. The maximum absolute atomic E-state index is 13.0. The number of aliphatic carboxylic acids is 1. The first kappa shape index (κ1) is 27.2. The molecule has 5 N–H and O–H groups in total. The van der Waals surface area contributed by atoms with Gasteiger partial charge in [0.25, 0.3) is 5.91 Å². The van der Waals surface area contributed by atoms with Gasteiger partial charge in [-0.2, -0.15) is 21.1 Å². The van der Waals surface area contributed by atoms with Crippen molar-refractivity contribution in [2.75, 3.05) is 45.3 Å². The number of fused-ring (bicyclic) bond motifs is 1. The van der Waals surface area contributed by atoms with Crippen molar-refractivity contribution in [2.45, 2.75) is 29.9 Å². The number of carboxylic acid groups (broad SMARTS) is 1. The first-order valence-corrected chi connectivity index (χ1v) is 13.3. The molecule has 1 saturated carbocycles. The number of oxime groups is 1. The number of hydrogen-bond acceptors (Lipinski definition) is 13. The number of nitrogen functional groups attached to an aromatic ring is 1. The summed E-state index contributed by atoms with van der Waals surface area (Å²) in [6.07, 6.45) is 2.44. The molecule has 1 aromatic heterocycles. The van der Waals surface area contributed by atoms with E-state index in [1.807, 2.05) is 13.1 Å². The Labute approximate surface area is 220 Å². The van der Waals surface area contributed by atoms with Crippen molar-refractivity contribution in [3.8, 4) is 0 Å². The highest BCUT2D eigenvalue weighted by Gasteiger charge is 2.55. The Balaban J connectivity index is 1.46. The number of allylic oxidation sites excluding steroid dienone is 1. The number of piperidine rings is 1. The van der Waals surface area contributed by atoms with Gasteiger partial charge in [-0.15, -0.1) is 0 Å². The molecule has 2 fully saturated rings. The van der Waals surface area contributed by atoms with Crippen LogP contribution in [-0.4, -0.2) is 110 Å². The molecule has 2 aliphatic heterocycles. The summed E-state index contributed by atoms with van der Waals surface area (Å²) in [4.78, 5) is 46.5. The summed E-state index contributed by atoms with van der Waals surface area (Å²) >= 11 is 2.24. The Kier molecular flexibility index (Phi) is 7.99. The van der Waals surface area contributed by atoms with E-state index in [0.29, 0.717) is 41.9 Å². The molecule has 0 bridgehead atoms. The number of hydrogen-bond donors (Lipinski definition) is 4. The van der Waals surface area contributed by atoms with Gasteiger partial charge < -0.3 is 40.5 Å². The van der Waals surface area contributed by atoms with Gasteiger partial charge in [0.2, 0.25) is 11.5 Å². The number of aliphatic hydroxyl groups excluding tert-OH is 2. The van der Waals surface area contributed by atoms with E-state index >= 15 is 0 Å². The molecule has 6 atom stereocenters. The van der Waals surface area contributed by atoms with Crippen molar-refractivity contribution in [1.29, 1.82) is 0 Å². The zero-order valence-corrected chi connectivity index (χ0v) is 21.8. The maximum atomic E-state index is 13.0. The third kappa shape index (κ3) is 5.55. The third-order valence-electron chi connectivity index (χ3n) is 6.82. The van der Waals surface area contributed by atoms with Crippen molar-refractivity contribution < 1.29 is 39.0 Å². The number of likely N-dealkylation sites (tertiary alicyclic amines) is 1. The lowest BCUT2D eigenvalue weighted by molar-refractivity contribution is -0.913. The van der Waals surface area contributed by atoms with Crippen LogP contribution in [0, 0.1) is 5.92 Å². The number of ketones is 1. The molecular formula is C22H28N6O7S2. The van der Waals surface area contributed by atoms with Crippen molar-refractivity contribution in [1.82, 2.24) is 14.7 Å². The Hall–Kier alpha value is -2.85. The predicted octanol–water partition coefficient (Wildman–Crippen LogP) is -2.56. The molecular weight excluding hydrogens is 524 g/mol. The zero-order chi connectivity index (χ0) is 26.9. The minimum absolute atomic E-state index is 0.0451. The number of quaternary nitrogens is 1. The van der Waals surface area contributed by atoms with Crippen LogP contribution in [0.15, 0.2) is 28.5 Å². The molecule has 13 nitrogen and oxygen atoms in total. The van der Waals surface area contributed by atoms with Gasteiger partial charge in [-0.05, 0) is 17.2 Å². The first-order chi connectivity index (χ1) is 17.5. The second kappa shape index (κ2) is 10.9. The van der Waals surface area contributed by atoms with E-state index in [9.17, 15) is 29.7 Å². The fraction of sp³-hybridized carbons (Fsp3) is 0.545. The second-order valence-corrected chi connectivity index (χ2v) is 11.4. The maximum Gasteiger partial charge on any atom is 0.277 e. The minimum Gasteiger partial charge on any atom is -0.545 e. The van der Waals surface area contributed by atoms with Gasteiger partial charge >= 0.3 is 0 Å². The van der Waals surface area contributed by atoms with Gasteiger partial charge in [0.05, 0.1) is 38.1 Å². The number of Topliss-reactive ketones (excluding diaryl/α,β-unsaturated/α-hetero) is 1.